The van der Waals surface area contributed by atoms with E-state index in [9.17, 15) is 14.7 Å². The minimum atomic E-state index is -0.900. The van der Waals surface area contributed by atoms with Crippen LogP contribution >= 0.6 is 0 Å². The van der Waals surface area contributed by atoms with Crippen LogP contribution in [0.3, 0.4) is 0 Å². The number of carbonyl (C=O) groups is 2. The van der Waals surface area contributed by atoms with Gasteiger partial charge in [-0.1, -0.05) is 26.0 Å². The zero-order valence-corrected chi connectivity index (χ0v) is 22.4. The molecule has 0 spiro atoms. The van der Waals surface area contributed by atoms with Crippen LogP contribution in [0.4, 0.5) is 5.69 Å². The third-order valence-corrected chi connectivity index (χ3v) is 6.58. The van der Waals surface area contributed by atoms with Crippen molar-refractivity contribution >= 4 is 23.1 Å². The number of hydrogen-bond acceptors (Lipinski definition) is 7. The molecular formula is C31H31NO7. The first-order valence-corrected chi connectivity index (χ1v) is 13.0. The largest absolute Gasteiger partial charge is 0.507 e. The Bertz CT molecular complexity index is 1460. The van der Waals surface area contributed by atoms with Gasteiger partial charge in [0.25, 0.3) is 11.7 Å². The predicted octanol–water partition coefficient (Wildman–Crippen LogP) is 5.78. The summed E-state index contributed by atoms with van der Waals surface area (Å²) >= 11 is 0. The predicted molar refractivity (Wildman–Crippen MR) is 146 cm³/mol. The SMILES string of the molecule is CCOc1cccc(C2/C(=C(\O)c3ccc(OCC(C)C)c(C)c3)C(=O)C(=O)N2c2ccc3c(c2)OCO3)c1. The fraction of sp³-hybridized carbons (Fsp3) is 0.290. The van der Waals surface area contributed by atoms with Crippen LogP contribution in [0.2, 0.25) is 0 Å². The Morgan fingerprint density at radius 1 is 1.03 bits per heavy atom. The number of ketones is 1. The van der Waals surface area contributed by atoms with Gasteiger partial charge in [-0.3, -0.25) is 14.5 Å². The lowest BCUT2D eigenvalue weighted by Gasteiger charge is -2.26. The Balaban J connectivity index is 1.63. The number of fused-ring (bicyclic) bond motifs is 1. The summed E-state index contributed by atoms with van der Waals surface area (Å²) in [5, 5.41) is 11.5. The zero-order chi connectivity index (χ0) is 27.7. The van der Waals surface area contributed by atoms with Gasteiger partial charge in [0.05, 0.1) is 24.8 Å². The molecular weight excluding hydrogens is 498 g/mol. The van der Waals surface area contributed by atoms with Crippen molar-refractivity contribution < 1.29 is 33.6 Å². The number of ether oxygens (including phenoxy) is 4. The van der Waals surface area contributed by atoms with Crippen molar-refractivity contribution in [2.45, 2.75) is 33.7 Å². The van der Waals surface area contributed by atoms with Gasteiger partial charge in [0.15, 0.2) is 11.5 Å². The maximum absolute atomic E-state index is 13.5. The first kappa shape index (κ1) is 26.2. The lowest BCUT2D eigenvalue weighted by Crippen LogP contribution is -2.29. The Morgan fingerprint density at radius 2 is 1.82 bits per heavy atom. The maximum atomic E-state index is 13.5. The van der Waals surface area contributed by atoms with E-state index < -0.39 is 17.7 Å². The molecule has 1 amide bonds. The van der Waals surface area contributed by atoms with Crippen molar-refractivity contribution in [3.05, 3.63) is 82.9 Å². The molecule has 39 heavy (non-hydrogen) atoms. The second-order valence-corrected chi connectivity index (χ2v) is 9.90. The van der Waals surface area contributed by atoms with Crippen LogP contribution in [0, 0.1) is 12.8 Å². The summed E-state index contributed by atoms with van der Waals surface area (Å²) in [6.45, 7) is 8.97. The average Bonchev–Trinajstić information content (AvgIpc) is 3.49. The standard InChI is InChI=1S/C31H31NO7/c1-5-36-23-8-6-7-20(14-23)28-27(29(33)21-9-11-24(19(4)13-21)37-16-18(2)3)30(34)31(35)32(28)22-10-12-25-26(15-22)39-17-38-25/h6-15,18,28,33H,5,16-17H2,1-4H3/b29-27+. The highest BCUT2D eigenvalue weighted by Gasteiger charge is 2.47. The van der Waals surface area contributed by atoms with Gasteiger partial charge in [-0.25, -0.2) is 0 Å². The van der Waals surface area contributed by atoms with Crippen LogP contribution < -0.4 is 23.8 Å². The average molecular weight is 530 g/mol. The summed E-state index contributed by atoms with van der Waals surface area (Å²) in [6, 6.07) is 16.6. The monoisotopic (exact) mass is 529 g/mol. The van der Waals surface area contributed by atoms with Gasteiger partial charge in [0.2, 0.25) is 6.79 Å². The highest BCUT2D eigenvalue weighted by molar-refractivity contribution is 6.51. The molecule has 3 aromatic carbocycles. The number of anilines is 1. The first-order chi connectivity index (χ1) is 18.8. The van der Waals surface area contributed by atoms with Gasteiger partial charge in [-0.2, -0.15) is 0 Å². The van der Waals surface area contributed by atoms with Crippen molar-refractivity contribution in [3.8, 4) is 23.0 Å². The van der Waals surface area contributed by atoms with Crippen LogP contribution in [0.1, 0.15) is 43.5 Å². The van der Waals surface area contributed by atoms with E-state index in [-0.39, 0.29) is 18.1 Å². The molecule has 0 aromatic heterocycles. The number of rotatable bonds is 8. The lowest BCUT2D eigenvalue weighted by atomic mass is 9.94. The summed E-state index contributed by atoms with van der Waals surface area (Å²) in [6.07, 6.45) is 0. The normalized spacial score (nSPS) is 17.7. The van der Waals surface area contributed by atoms with Crippen molar-refractivity contribution in [2.24, 2.45) is 5.92 Å². The summed E-state index contributed by atoms with van der Waals surface area (Å²) < 4.78 is 22.5. The molecule has 1 fully saturated rings. The fourth-order valence-corrected chi connectivity index (χ4v) is 4.76. The highest BCUT2D eigenvalue weighted by atomic mass is 16.7. The molecule has 202 valence electrons. The summed E-state index contributed by atoms with van der Waals surface area (Å²) in [4.78, 5) is 28.4. The van der Waals surface area contributed by atoms with Gasteiger partial charge in [-0.15, -0.1) is 0 Å². The van der Waals surface area contributed by atoms with Crippen LogP contribution in [-0.4, -0.2) is 36.8 Å². The molecule has 3 aromatic rings. The lowest BCUT2D eigenvalue weighted by molar-refractivity contribution is -0.132. The molecule has 0 aliphatic carbocycles. The fourth-order valence-electron chi connectivity index (χ4n) is 4.76. The Kier molecular flexibility index (Phi) is 7.19. The van der Waals surface area contributed by atoms with Crippen molar-refractivity contribution in [2.75, 3.05) is 24.9 Å². The third-order valence-electron chi connectivity index (χ3n) is 6.58. The zero-order valence-electron chi connectivity index (χ0n) is 22.4. The number of amides is 1. The number of aliphatic hydroxyl groups is 1. The number of nitrogens with zero attached hydrogens (tertiary/aromatic N) is 1. The molecule has 0 saturated carbocycles. The maximum Gasteiger partial charge on any atom is 0.300 e. The van der Waals surface area contributed by atoms with E-state index in [1.807, 2.05) is 13.8 Å². The molecule has 8 heteroatoms. The van der Waals surface area contributed by atoms with Crippen molar-refractivity contribution in [1.29, 1.82) is 0 Å². The summed E-state index contributed by atoms with van der Waals surface area (Å²) in [7, 11) is 0. The van der Waals surface area contributed by atoms with Gasteiger partial charge >= 0.3 is 0 Å². The molecule has 0 bridgehead atoms. The second-order valence-electron chi connectivity index (χ2n) is 9.90. The van der Waals surface area contributed by atoms with E-state index in [2.05, 4.69) is 13.8 Å². The smallest absolute Gasteiger partial charge is 0.300 e. The Hall–Kier alpha value is -4.46. The van der Waals surface area contributed by atoms with E-state index in [0.717, 1.165) is 5.56 Å². The first-order valence-electron chi connectivity index (χ1n) is 13.0. The van der Waals surface area contributed by atoms with E-state index in [0.29, 0.717) is 58.9 Å². The van der Waals surface area contributed by atoms with E-state index in [4.69, 9.17) is 18.9 Å². The summed E-state index contributed by atoms with van der Waals surface area (Å²) in [5.41, 5.74) is 2.27. The van der Waals surface area contributed by atoms with E-state index >= 15 is 0 Å². The number of carbonyl (C=O) groups excluding carboxylic acids is 2. The van der Waals surface area contributed by atoms with Crippen LogP contribution in [-0.2, 0) is 9.59 Å². The van der Waals surface area contributed by atoms with Gasteiger partial charge in [0, 0.05) is 17.3 Å². The molecule has 1 N–H and O–H groups in total. The van der Waals surface area contributed by atoms with Crippen molar-refractivity contribution in [1.82, 2.24) is 0 Å². The summed E-state index contributed by atoms with van der Waals surface area (Å²) in [5.74, 6) is 0.879. The number of aryl methyl sites for hydroxylation is 1. The third kappa shape index (κ3) is 5.02. The molecule has 1 unspecified atom stereocenters. The van der Waals surface area contributed by atoms with E-state index in [1.165, 1.54) is 4.90 Å². The Labute approximate surface area is 227 Å². The van der Waals surface area contributed by atoms with Gasteiger partial charge in [0.1, 0.15) is 17.3 Å². The molecule has 2 aliphatic heterocycles. The quantitative estimate of drug-likeness (QED) is 0.224. The van der Waals surface area contributed by atoms with Crippen LogP contribution in [0.15, 0.2) is 66.2 Å². The minimum absolute atomic E-state index is 0.0124. The van der Waals surface area contributed by atoms with Crippen molar-refractivity contribution in [3.63, 3.8) is 0 Å². The molecule has 0 radical (unpaired) electrons. The van der Waals surface area contributed by atoms with Crippen LogP contribution in [0.5, 0.6) is 23.0 Å². The molecule has 5 rings (SSSR count). The molecule has 8 nitrogen and oxygen atoms in total. The molecule has 2 aliphatic rings. The number of Topliss-reactive ketones (excluding diaryl/α,β-unsaturated/α-hetero) is 1. The number of benzene rings is 3. The van der Waals surface area contributed by atoms with Gasteiger partial charge in [-0.05, 0) is 73.4 Å². The minimum Gasteiger partial charge on any atom is -0.507 e. The molecule has 1 saturated heterocycles. The molecule has 1 atom stereocenters. The van der Waals surface area contributed by atoms with Crippen LogP contribution in [0.25, 0.3) is 5.76 Å². The molecule has 2 heterocycles. The van der Waals surface area contributed by atoms with Gasteiger partial charge < -0.3 is 24.1 Å². The Morgan fingerprint density at radius 3 is 2.56 bits per heavy atom. The second kappa shape index (κ2) is 10.7. The number of aliphatic hydroxyl groups excluding tert-OH is 1. The van der Waals surface area contributed by atoms with E-state index in [1.54, 1.807) is 60.7 Å². The number of hydrogen-bond donors (Lipinski definition) is 1. The topological polar surface area (TPSA) is 94.5 Å². The highest BCUT2D eigenvalue weighted by Crippen LogP contribution is 2.45.